The topological polar surface area (TPSA) is 78.9 Å². The molecule has 0 heterocycles. The maximum absolute atomic E-state index is 12.7. The molecule has 0 aromatic heterocycles. The van der Waals surface area contributed by atoms with E-state index < -0.39 is 6.10 Å². The lowest BCUT2D eigenvalue weighted by Gasteiger charge is -2.18. The Hall–Kier alpha value is -1.59. The quantitative estimate of drug-likeness (QED) is 0.0347. The molecule has 0 radical (unpaired) electrons. The molecule has 0 spiro atoms. The van der Waals surface area contributed by atoms with Crippen LogP contribution in [-0.4, -0.2) is 37.2 Å². The van der Waals surface area contributed by atoms with Gasteiger partial charge >= 0.3 is 17.9 Å². The Balaban J connectivity index is 4.27. The molecule has 0 rings (SSSR count). The Morgan fingerprint density at radius 2 is 0.679 bits per heavy atom. The van der Waals surface area contributed by atoms with Crippen LogP contribution in [0.2, 0.25) is 0 Å². The summed E-state index contributed by atoms with van der Waals surface area (Å²) in [6, 6.07) is 0. The van der Waals surface area contributed by atoms with E-state index in [9.17, 15) is 14.4 Å². The highest BCUT2D eigenvalue weighted by Gasteiger charge is 2.19. The summed E-state index contributed by atoms with van der Waals surface area (Å²) >= 11 is 0. The summed E-state index contributed by atoms with van der Waals surface area (Å²) in [5, 5.41) is 0. The Morgan fingerprint density at radius 1 is 0.375 bits per heavy atom. The lowest BCUT2D eigenvalue weighted by molar-refractivity contribution is -0.167. The summed E-state index contributed by atoms with van der Waals surface area (Å²) in [5.74, 6) is 0.750. The molecule has 332 valence electrons. The number of rotatable bonds is 44. The molecule has 6 nitrogen and oxygen atoms in total. The highest BCUT2D eigenvalue weighted by molar-refractivity contribution is 5.71. The number of hydrogen-bond donors (Lipinski definition) is 0. The van der Waals surface area contributed by atoms with Crippen molar-refractivity contribution in [1.29, 1.82) is 0 Å². The first-order valence-electron chi connectivity index (χ1n) is 24.8. The predicted octanol–water partition coefficient (Wildman–Crippen LogP) is 15.8. The van der Waals surface area contributed by atoms with Gasteiger partial charge in [-0.3, -0.25) is 14.4 Å². The lowest BCUT2D eigenvalue weighted by atomic mass is 10.00. The average molecular weight is 793 g/mol. The van der Waals surface area contributed by atoms with Gasteiger partial charge in [-0.25, -0.2) is 0 Å². The van der Waals surface area contributed by atoms with Gasteiger partial charge in [-0.1, -0.05) is 234 Å². The highest BCUT2D eigenvalue weighted by Crippen LogP contribution is 2.17. The fourth-order valence-electron chi connectivity index (χ4n) is 7.43. The van der Waals surface area contributed by atoms with Gasteiger partial charge in [0.25, 0.3) is 0 Å². The second-order valence-electron chi connectivity index (χ2n) is 17.8. The van der Waals surface area contributed by atoms with Gasteiger partial charge in [0.2, 0.25) is 0 Å². The molecule has 0 aliphatic rings. The molecule has 1 unspecified atom stereocenters. The molecule has 0 saturated carbocycles. The number of carbonyl (C=O) groups is 3. The van der Waals surface area contributed by atoms with E-state index in [2.05, 4.69) is 34.6 Å². The van der Waals surface area contributed by atoms with Crippen molar-refractivity contribution in [1.82, 2.24) is 0 Å². The molecule has 2 atom stereocenters. The third-order valence-corrected chi connectivity index (χ3v) is 11.6. The summed E-state index contributed by atoms with van der Waals surface area (Å²) < 4.78 is 16.8. The summed E-state index contributed by atoms with van der Waals surface area (Å²) in [5.41, 5.74) is 0. The van der Waals surface area contributed by atoms with E-state index in [0.717, 1.165) is 69.6 Å². The van der Waals surface area contributed by atoms with Crippen LogP contribution in [0.4, 0.5) is 0 Å². The first-order chi connectivity index (χ1) is 27.3. The molecule has 0 aromatic rings. The van der Waals surface area contributed by atoms with Crippen LogP contribution in [0.5, 0.6) is 0 Å². The fraction of sp³-hybridized carbons (Fsp3) is 0.940. The van der Waals surface area contributed by atoms with Crippen LogP contribution in [-0.2, 0) is 28.6 Å². The van der Waals surface area contributed by atoms with Gasteiger partial charge in [-0.05, 0) is 31.1 Å². The molecule has 0 aliphatic heterocycles. The molecular weight excluding hydrogens is 697 g/mol. The maximum Gasteiger partial charge on any atom is 0.306 e. The van der Waals surface area contributed by atoms with Gasteiger partial charge < -0.3 is 14.2 Å². The van der Waals surface area contributed by atoms with Crippen LogP contribution in [0, 0.1) is 11.8 Å². The number of esters is 3. The minimum Gasteiger partial charge on any atom is -0.462 e. The molecule has 0 amide bonds. The summed E-state index contributed by atoms with van der Waals surface area (Å²) in [7, 11) is 0. The Morgan fingerprint density at radius 3 is 1.02 bits per heavy atom. The van der Waals surface area contributed by atoms with Crippen molar-refractivity contribution < 1.29 is 28.6 Å². The summed E-state index contributed by atoms with van der Waals surface area (Å²) in [4.78, 5) is 37.8. The van der Waals surface area contributed by atoms with Gasteiger partial charge in [-0.2, -0.15) is 0 Å². The third kappa shape index (κ3) is 42.0. The maximum atomic E-state index is 12.7. The molecule has 0 N–H and O–H groups in total. The van der Waals surface area contributed by atoms with Crippen LogP contribution >= 0.6 is 0 Å². The van der Waals surface area contributed by atoms with Gasteiger partial charge in [0.1, 0.15) is 13.2 Å². The number of carbonyl (C=O) groups excluding carboxylic acids is 3. The summed E-state index contributed by atoms with van der Waals surface area (Å²) in [6.45, 7) is 11.3. The van der Waals surface area contributed by atoms with Crippen molar-refractivity contribution >= 4 is 17.9 Å². The van der Waals surface area contributed by atoms with Crippen molar-refractivity contribution in [3.8, 4) is 0 Å². The molecule has 56 heavy (non-hydrogen) atoms. The number of unbranched alkanes of at least 4 members (excludes halogenated alkanes) is 28. The van der Waals surface area contributed by atoms with Crippen molar-refractivity contribution in [3.63, 3.8) is 0 Å². The van der Waals surface area contributed by atoms with Gasteiger partial charge in [-0.15, -0.1) is 0 Å². The molecule has 0 fully saturated rings. The van der Waals surface area contributed by atoms with Gasteiger partial charge in [0.15, 0.2) is 6.10 Å². The Labute approximate surface area is 348 Å². The molecule has 0 saturated heterocycles. The van der Waals surface area contributed by atoms with Crippen LogP contribution in [0.15, 0.2) is 0 Å². The van der Waals surface area contributed by atoms with E-state index in [1.807, 2.05) is 0 Å². The third-order valence-electron chi connectivity index (χ3n) is 11.6. The molecule has 0 aromatic carbocycles. The minimum absolute atomic E-state index is 0.0652. The first-order valence-corrected chi connectivity index (χ1v) is 24.8. The van der Waals surface area contributed by atoms with Crippen molar-refractivity contribution in [2.24, 2.45) is 11.8 Å². The second-order valence-corrected chi connectivity index (χ2v) is 17.8. The van der Waals surface area contributed by atoms with E-state index in [-0.39, 0.29) is 31.1 Å². The van der Waals surface area contributed by atoms with Crippen LogP contribution in [0.1, 0.15) is 272 Å². The zero-order valence-electron chi connectivity index (χ0n) is 38.3. The second kappa shape index (κ2) is 43.0. The first kappa shape index (κ1) is 54.4. The monoisotopic (exact) mass is 793 g/mol. The van der Waals surface area contributed by atoms with E-state index in [1.165, 1.54) is 161 Å². The van der Waals surface area contributed by atoms with E-state index in [1.54, 1.807) is 0 Å². The number of ether oxygens (including phenoxy) is 3. The standard InChI is InChI=1S/C50H96O6/c1-6-8-9-10-11-12-13-14-15-16-17-18-19-20-24-30-35-40-48(51)54-43-47(44-55-49(52)41-36-31-27-26-29-34-39-46(5)7-2)56-50(53)42-37-32-25-22-21-23-28-33-38-45(3)4/h45-47H,6-44H2,1-5H3/t46?,47-/m1/s1. The molecule has 0 aliphatic carbocycles. The van der Waals surface area contributed by atoms with Crippen molar-refractivity contribution in [3.05, 3.63) is 0 Å². The molecular formula is C50H96O6. The van der Waals surface area contributed by atoms with E-state index >= 15 is 0 Å². The SMILES string of the molecule is CCCCCCCCCCCCCCCCCCCC(=O)OC[C@H](COC(=O)CCCCCCCCC(C)CC)OC(=O)CCCCCCCCCCC(C)C. The van der Waals surface area contributed by atoms with Gasteiger partial charge in [0.05, 0.1) is 0 Å². The highest BCUT2D eigenvalue weighted by atomic mass is 16.6. The Bertz CT molecular complexity index is 856. The Kier molecular flexibility index (Phi) is 41.8. The smallest absolute Gasteiger partial charge is 0.306 e. The van der Waals surface area contributed by atoms with Crippen LogP contribution < -0.4 is 0 Å². The van der Waals surface area contributed by atoms with E-state index in [4.69, 9.17) is 14.2 Å². The van der Waals surface area contributed by atoms with Crippen LogP contribution in [0.3, 0.4) is 0 Å². The van der Waals surface area contributed by atoms with Crippen LogP contribution in [0.25, 0.3) is 0 Å². The minimum atomic E-state index is -0.762. The van der Waals surface area contributed by atoms with Gasteiger partial charge in [0, 0.05) is 19.3 Å². The van der Waals surface area contributed by atoms with E-state index in [0.29, 0.717) is 19.3 Å². The van der Waals surface area contributed by atoms with Crippen molar-refractivity contribution in [2.75, 3.05) is 13.2 Å². The van der Waals surface area contributed by atoms with Crippen molar-refractivity contribution in [2.45, 2.75) is 278 Å². The molecule has 0 bridgehead atoms. The number of hydrogen-bond acceptors (Lipinski definition) is 6. The lowest BCUT2D eigenvalue weighted by Crippen LogP contribution is -2.30. The summed E-state index contributed by atoms with van der Waals surface area (Å²) in [6.07, 6.45) is 42.4. The zero-order chi connectivity index (χ0) is 41.2. The fourth-order valence-corrected chi connectivity index (χ4v) is 7.43. The normalized spacial score (nSPS) is 12.5. The largest absolute Gasteiger partial charge is 0.462 e. The zero-order valence-corrected chi connectivity index (χ0v) is 38.3. The molecule has 6 heteroatoms. The average Bonchev–Trinajstić information content (AvgIpc) is 3.18. The predicted molar refractivity (Wildman–Crippen MR) is 238 cm³/mol.